The lowest BCUT2D eigenvalue weighted by Crippen LogP contribution is -2.19. The number of ether oxygens (including phenoxy) is 3. The largest absolute Gasteiger partial charge is 0.497 e. The zero-order chi connectivity index (χ0) is 19.7. The Balaban J connectivity index is 1.55. The van der Waals surface area contributed by atoms with E-state index in [1.165, 1.54) is 31.2 Å². The predicted molar refractivity (Wildman–Crippen MR) is 115 cm³/mol. The van der Waals surface area contributed by atoms with Crippen molar-refractivity contribution in [2.24, 2.45) is 0 Å². The molecule has 0 N–H and O–H groups in total. The Morgan fingerprint density at radius 1 is 0.857 bits per heavy atom. The van der Waals surface area contributed by atoms with Crippen molar-refractivity contribution in [3.05, 3.63) is 66.2 Å². The van der Waals surface area contributed by atoms with Crippen molar-refractivity contribution in [3.8, 4) is 17.2 Å². The van der Waals surface area contributed by atoms with E-state index in [0.717, 1.165) is 43.1 Å². The Bertz CT molecular complexity index is 723. The van der Waals surface area contributed by atoms with Crippen molar-refractivity contribution in [3.63, 3.8) is 0 Å². The van der Waals surface area contributed by atoms with E-state index in [2.05, 4.69) is 24.3 Å². The van der Waals surface area contributed by atoms with Crippen molar-refractivity contribution in [1.29, 1.82) is 0 Å². The number of unbranched alkanes of at least 4 members (excludes halogenated alkanes) is 2. The number of hydrogen-bond acceptors (Lipinski definition) is 3. The van der Waals surface area contributed by atoms with E-state index in [9.17, 15) is 0 Å². The number of benzene rings is 2. The maximum atomic E-state index is 5.77. The zero-order valence-corrected chi connectivity index (χ0v) is 17.2. The van der Waals surface area contributed by atoms with Crippen LogP contribution in [0.15, 0.2) is 60.7 Å². The predicted octanol–water partition coefficient (Wildman–Crippen LogP) is 6.32. The van der Waals surface area contributed by atoms with Gasteiger partial charge >= 0.3 is 0 Å². The molecule has 28 heavy (non-hydrogen) atoms. The standard InChI is InChI=1S/C25H32O3/c1-26-23-18-21(19-24(20-23)27-2)25(15-9-10-16-25)14-8-3-4-11-17-28-22-12-6-5-7-13-22/h5-8,12-14,18-20H,3-4,9-11,15-17H2,1-2H3/b14-8-. The van der Waals surface area contributed by atoms with E-state index in [1.807, 2.05) is 36.4 Å². The number of allylic oxidation sites excluding steroid dienone is 2. The molecule has 0 saturated heterocycles. The van der Waals surface area contributed by atoms with Crippen molar-refractivity contribution < 1.29 is 14.2 Å². The summed E-state index contributed by atoms with van der Waals surface area (Å²) in [4.78, 5) is 0. The van der Waals surface area contributed by atoms with Crippen LogP contribution in [0.1, 0.15) is 50.5 Å². The van der Waals surface area contributed by atoms with Crippen LogP contribution in [0.25, 0.3) is 0 Å². The number of para-hydroxylation sites is 1. The second-order valence-electron chi connectivity index (χ2n) is 7.52. The second kappa shape index (κ2) is 10.2. The summed E-state index contributed by atoms with van der Waals surface area (Å²) in [5.41, 5.74) is 1.42. The fourth-order valence-corrected chi connectivity index (χ4v) is 4.03. The molecule has 3 heteroatoms. The SMILES string of the molecule is COc1cc(OC)cc(C2(/C=C\CCCCOc3ccccc3)CCCC2)c1. The second-order valence-corrected chi connectivity index (χ2v) is 7.52. The molecule has 1 saturated carbocycles. The van der Waals surface area contributed by atoms with Gasteiger partial charge in [-0.1, -0.05) is 43.2 Å². The Hall–Kier alpha value is -2.42. The van der Waals surface area contributed by atoms with E-state index in [-0.39, 0.29) is 5.41 Å². The van der Waals surface area contributed by atoms with E-state index in [4.69, 9.17) is 14.2 Å². The van der Waals surface area contributed by atoms with E-state index < -0.39 is 0 Å². The molecule has 3 nitrogen and oxygen atoms in total. The third-order valence-electron chi connectivity index (χ3n) is 5.64. The molecule has 0 heterocycles. The maximum Gasteiger partial charge on any atom is 0.122 e. The van der Waals surface area contributed by atoms with Gasteiger partial charge in [-0.15, -0.1) is 0 Å². The normalized spacial score (nSPS) is 15.6. The first-order valence-electron chi connectivity index (χ1n) is 10.3. The lowest BCUT2D eigenvalue weighted by Gasteiger charge is -2.27. The Morgan fingerprint density at radius 3 is 2.18 bits per heavy atom. The van der Waals surface area contributed by atoms with Gasteiger partial charge in [0.1, 0.15) is 17.2 Å². The minimum Gasteiger partial charge on any atom is -0.497 e. The third kappa shape index (κ3) is 5.31. The van der Waals surface area contributed by atoms with Gasteiger partial charge in [0.25, 0.3) is 0 Å². The van der Waals surface area contributed by atoms with Crippen molar-refractivity contribution in [1.82, 2.24) is 0 Å². The quantitative estimate of drug-likeness (QED) is 0.356. The summed E-state index contributed by atoms with van der Waals surface area (Å²) in [5.74, 6) is 2.69. The lowest BCUT2D eigenvalue weighted by atomic mass is 9.78. The summed E-state index contributed by atoms with van der Waals surface area (Å²) in [6, 6.07) is 16.3. The maximum absolute atomic E-state index is 5.77. The molecule has 0 aliphatic heterocycles. The van der Waals surface area contributed by atoms with Gasteiger partial charge in [0.2, 0.25) is 0 Å². The molecule has 2 aromatic carbocycles. The minimum atomic E-state index is 0.113. The Labute approximate surface area is 169 Å². The van der Waals surface area contributed by atoms with Crippen LogP contribution in [-0.4, -0.2) is 20.8 Å². The zero-order valence-electron chi connectivity index (χ0n) is 17.2. The number of rotatable bonds is 10. The number of methoxy groups -OCH3 is 2. The van der Waals surface area contributed by atoms with Crippen LogP contribution in [0.4, 0.5) is 0 Å². The molecule has 0 radical (unpaired) electrons. The van der Waals surface area contributed by atoms with E-state index >= 15 is 0 Å². The van der Waals surface area contributed by atoms with Crippen molar-refractivity contribution in [2.45, 2.75) is 50.4 Å². The third-order valence-corrected chi connectivity index (χ3v) is 5.64. The van der Waals surface area contributed by atoms with Crippen LogP contribution in [0.3, 0.4) is 0 Å². The highest BCUT2D eigenvalue weighted by Crippen LogP contribution is 2.44. The fraction of sp³-hybridized carbons (Fsp3) is 0.440. The molecule has 2 aromatic rings. The molecule has 3 rings (SSSR count). The van der Waals surface area contributed by atoms with Gasteiger partial charge < -0.3 is 14.2 Å². The van der Waals surface area contributed by atoms with E-state index in [1.54, 1.807) is 14.2 Å². The molecule has 0 spiro atoms. The monoisotopic (exact) mass is 380 g/mol. The Morgan fingerprint density at radius 2 is 1.54 bits per heavy atom. The summed E-state index contributed by atoms with van der Waals surface area (Å²) in [5, 5.41) is 0. The van der Waals surface area contributed by atoms with Gasteiger partial charge in [-0.3, -0.25) is 0 Å². The molecule has 0 amide bonds. The first-order chi connectivity index (χ1) is 13.8. The van der Waals surface area contributed by atoms with Gasteiger partial charge in [-0.25, -0.2) is 0 Å². The average molecular weight is 381 g/mol. The molecule has 150 valence electrons. The van der Waals surface area contributed by atoms with Gasteiger partial charge in [0, 0.05) is 11.5 Å². The molecule has 1 fully saturated rings. The summed E-state index contributed by atoms with van der Waals surface area (Å²) >= 11 is 0. The first kappa shape index (κ1) is 20.3. The van der Waals surface area contributed by atoms with Crippen LogP contribution < -0.4 is 14.2 Å². The van der Waals surface area contributed by atoms with Gasteiger partial charge in [-0.2, -0.15) is 0 Å². The summed E-state index contributed by atoms with van der Waals surface area (Å²) in [7, 11) is 3.43. The summed E-state index contributed by atoms with van der Waals surface area (Å²) < 4.78 is 16.8. The van der Waals surface area contributed by atoms with Crippen molar-refractivity contribution >= 4 is 0 Å². The van der Waals surface area contributed by atoms with Gasteiger partial charge in [0.15, 0.2) is 0 Å². The van der Waals surface area contributed by atoms with Crippen LogP contribution >= 0.6 is 0 Å². The smallest absolute Gasteiger partial charge is 0.122 e. The Kier molecular flexibility index (Phi) is 7.41. The molecular weight excluding hydrogens is 348 g/mol. The molecule has 0 bridgehead atoms. The average Bonchev–Trinajstić information content (AvgIpc) is 3.23. The molecule has 0 unspecified atom stereocenters. The van der Waals surface area contributed by atoms with E-state index in [0.29, 0.717) is 0 Å². The summed E-state index contributed by atoms with van der Waals surface area (Å²) in [6.07, 6.45) is 13.0. The lowest BCUT2D eigenvalue weighted by molar-refractivity contribution is 0.307. The van der Waals surface area contributed by atoms with Gasteiger partial charge in [-0.05, 0) is 61.9 Å². The van der Waals surface area contributed by atoms with Crippen molar-refractivity contribution in [2.75, 3.05) is 20.8 Å². The van der Waals surface area contributed by atoms with Crippen LogP contribution in [-0.2, 0) is 5.41 Å². The summed E-state index contributed by atoms with van der Waals surface area (Å²) in [6.45, 7) is 0.774. The molecule has 0 atom stereocenters. The topological polar surface area (TPSA) is 27.7 Å². The highest BCUT2D eigenvalue weighted by Gasteiger charge is 2.33. The molecule has 0 aromatic heterocycles. The highest BCUT2D eigenvalue weighted by molar-refractivity contribution is 5.44. The van der Waals surface area contributed by atoms with Crippen LogP contribution in [0.5, 0.6) is 17.2 Å². The molecule has 1 aliphatic carbocycles. The fourth-order valence-electron chi connectivity index (χ4n) is 4.03. The van der Waals surface area contributed by atoms with Gasteiger partial charge in [0.05, 0.1) is 20.8 Å². The highest BCUT2D eigenvalue weighted by atomic mass is 16.5. The molecule has 1 aliphatic rings. The molecular formula is C25H32O3. The first-order valence-corrected chi connectivity index (χ1v) is 10.3. The minimum absolute atomic E-state index is 0.113. The number of hydrogen-bond donors (Lipinski definition) is 0. The van der Waals surface area contributed by atoms with Crippen LogP contribution in [0, 0.1) is 0 Å². The van der Waals surface area contributed by atoms with Crippen LogP contribution in [0.2, 0.25) is 0 Å².